The van der Waals surface area contributed by atoms with Gasteiger partial charge in [-0.05, 0) is 11.5 Å². The number of rotatable bonds is 2. The van der Waals surface area contributed by atoms with Gasteiger partial charge in [0.25, 0.3) is 0 Å². The Kier molecular flexibility index (Phi) is 2.99. The molecule has 0 unspecified atom stereocenters. The third-order valence-electron chi connectivity index (χ3n) is 3.10. The van der Waals surface area contributed by atoms with Crippen LogP contribution in [-0.4, -0.2) is 0 Å². The minimum atomic E-state index is 0.524. The van der Waals surface area contributed by atoms with Crippen molar-refractivity contribution in [2.24, 2.45) is 0 Å². The Bertz CT molecular complexity index is 691. The summed E-state index contributed by atoms with van der Waals surface area (Å²) in [7, 11) is 0. The number of nitrogens with zero attached hydrogens (tertiary/aromatic N) is 1. The second-order valence-corrected chi connectivity index (χ2v) is 4.51. The van der Waals surface area contributed by atoms with E-state index in [9.17, 15) is 0 Å². The molecule has 0 fully saturated rings. The third-order valence-corrected chi connectivity index (χ3v) is 3.39. The summed E-state index contributed by atoms with van der Waals surface area (Å²) in [6, 6.07) is 18.7. The van der Waals surface area contributed by atoms with Crippen LogP contribution in [0.25, 0.3) is 16.5 Å². The van der Waals surface area contributed by atoms with Crippen LogP contribution in [0.4, 0.5) is 0 Å². The van der Waals surface area contributed by atoms with Crippen LogP contribution in [0.15, 0.2) is 67.0 Å². The lowest BCUT2D eigenvalue weighted by atomic mass is 10.1. The molecule has 2 heteroatoms. The van der Waals surface area contributed by atoms with E-state index in [0.29, 0.717) is 5.88 Å². The van der Waals surface area contributed by atoms with Crippen LogP contribution in [0.1, 0.15) is 5.56 Å². The molecule has 18 heavy (non-hydrogen) atoms. The van der Waals surface area contributed by atoms with Crippen molar-refractivity contribution in [1.82, 2.24) is 0 Å². The van der Waals surface area contributed by atoms with E-state index in [4.69, 9.17) is 11.6 Å². The molecule has 1 nitrogen and oxygen atoms in total. The molecule has 1 heterocycles. The number of pyridine rings is 1. The standard InChI is InChI=1S/C16H13ClN/c17-11-14-6-3-4-8-16(14)18-10-9-13-5-1-2-7-15(13)12-18/h1-10,12H,11H2/q+1. The smallest absolute Gasteiger partial charge is 0.166 e. The number of para-hydroxylation sites is 1. The summed E-state index contributed by atoms with van der Waals surface area (Å²) in [6.07, 6.45) is 4.22. The molecule has 88 valence electrons. The van der Waals surface area contributed by atoms with E-state index < -0.39 is 0 Å². The highest BCUT2D eigenvalue weighted by Crippen LogP contribution is 2.14. The average Bonchev–Trinajstić information content (AvgIpc) is 2.46. The highest BCUT2D eigenvalue weighted by atomic mass is 35.5. The Morgan fingerprint density at radius 2 is 1.56 bits per heavy atom. The molecule has 0 spiro atoms. The number of benzene rings is 2. The molecule has 0 N–H and O–H groups in total. The highest BCUT2D eigenvalue weighted by Gasteiger charge is 2.11. The first-order valence-corrected chi connectivity index (χ1v) is 6.46. The zero-order valence-corrected chi connectivity index (χ0v) is 10.6. The maximum atomic E-state index is 5.99. The van der Waals surface area contributed by atoms with E-state index in [-0.39, 0.29) is 0 Å². The molecule has 3 aromatic rings. The predicted molar refractivity (Wildman–Crippen MR) is 75.0 cm³/mol. The number of hydrogen-bond acceptors (Lipinski definition) is 0. The van der Waals surface area contributed by atoms with Crippen molar-refractivity contribution in [2.75, 3.05) is 0 Å². The fourth-order valence-corrected chi connectivity index (χ4v) is 2.39. The topological polar surface area (TPSA) is 3.88 Å². The molecule has 0 bridgehead atoms. The van der Waals surface area contributed by atoms with Crippen LogP contribution >= 0.6 is 11.6 Å². The summed E-state index contributed by atoms with van der Waals surface area (Å²) in [5.41, 5.74) is 2.28. The summed E-state index contributed by atoms with van der Waals surface area (Å²) in [5, 5.41) is 2.47. The molecule has 0 radical (unpaired) electrons. The van der Waals surface area contributed by atoms with Gasteiger partial charge in [0, 0.05) is 23.1 Å². The van der Waals surface area contributed by atoms with E-state index >= 15 is 0 Å². The number of halogens is 1. The molecule has 0 aliphatic heterocycles. The summed E-state index contributed by atoms with van der Waals surface area (Å²) in [4.78, 5) is 0. The van der Waals surface area contributed by atoms with Gasteiger partial charge in [-0.2, -0.15) is 4.57 Å². The van der Waals surface area contributed by atoms with Crippen molar-refractivity contribution in [3.05, 3.63) is 72.6 Å². The molecule has 0 saturated heterocycles. The van der Waals surface area contributed by atoms with E-state index in [2.05, 4.69) is 59.4 Å². The van der Waals surface area contributed by atoms with Gasteiger partial charge in [-0.15, -0.1) is 11.6 Å². The van der Waals surface area contributed by atoms with Gasteiger partial charge in [-0.1, -0.05) is 36.4 Å². The van der Waals surface area contributed by atoms with Gasteiger partial charge < -0.3 is 0 Å². The molecule has 0 saturated carbocycles. The summed E-state index contributed by atoms with van der Waals surface area (Å²) >= 11 is 5.99. The Morgan fingerprint density at radius 3 is 2.39 bits per heavy atom. The number of fused-ring (bicyclic) bond motifs is 1. The second kappa shape index (κ2) is 4.79. The van der Waals surface area contributed by atoms with Crippen LogP contribution in [0.5, 0.6) is 0 Å². The number of alkyl halides is 1. The van der Waals surface area contributed by atoms with Crippen molar-refractivity contribution in [3.63, 3.8) is 0 Å². The van der Waals surface area contributed by atoms with Gasteiger partial charge >= 0.3 is 0 Å². The zero-order chi connectivity index (χ0) is 12.4. The molecule has 0 aliphatic rings. The second-order valence-electron chi connectivity index (χ2n) is 4.24. The lowest BCUT2D eigenvalue weighted by molar-refractivity contribution is -0.594. The molecule has 3 rings (SSSR count). The average molecular weight is 255 g/mol. The first kappa shape index (κ1) is 11.2. The largest absolute Gasteiger partial charge is 0.215 e. The van der Waals surface area contributed by atoms with E-state index in [1.165, 1.54) is 10.8 Å². The van der Waals surface area contributed by atoms with Crippen molar-refractivity contribution in [2.45, 2.75) is 5.88 Å². The van der Waals surface area contributed by atoms with Gasteiger partial charge in [0.15, 0.2) is 12.4 Å². The van der Waals surface area contributed by atoms with Crippen LogP contribution in [-0.2, 0) is 5.88 Å². The minimum absolute atomic E-state index is 0.524. The molecular weight excluding hydrogens is 242 g/mol. The van der Waals surface area contributed by atoms with E-state index in [1.807, 2.05) is 12.1 Å². The Morgan fingerprint density at radius 1 is 0.833 bits per heavy atom. The molecule has 0 atom stereocenters. The molecule has 2 aromatic carbocycles. The van der Waals surface area contributed by atoms with Crippen LogP contribution in [0.2, 0.25) is 0 Å². The minimum Gasteiger partial charge on any atom is -0.166 e. The molecule has 0 aliphatic carbocycles. The lowest BCUT2D eigenvalue weighted by Gasteiger charge is -2.02. The first-order valence-electron chi connectivity index (χ1n) is 5.93. The number of aromatic nitrogens is 1. The summed E-state index contributed by atoms with van der Waals surface area (Å²) in [6.45, 7) is 0. The van der Waals surface area contributed by atoms with Crippen molar-refractivity contribution < 1.29 is 4.57 Å². The van der Waals surface area contributed by atoms with Gasteiger partial charge in [-0.3, -0.25) is 0 Å². The van der Waals surface area contributed by atoms with Gasteiger partial charge in [0.05, 0.1) is 5.88 Å². The van der Waals surface area contributed by atoms with E-state index in [1.54, 1.807) is 0 Å². The Balaban J connectivity index is 2.19. The van der Waals surface area contributed by atoms with Crippen LogP contribution in [0, 0.1) is 0 Å². The third kappa shape index (κ3) is 1.98. The van der Waals surface area contributed by atoms with Crippen molar-refractivity contribution >= 4 is 22.4 Å². The SMILES string of the molecule is ClCc1ccccc1-[n+]1ccc2ccccc2c1. The predicted octanol–water partition coefficient (Wildman–Crippen LogP) is 3.86. The van der Waals surface area contributed by atoms with Crippen molar-refractivity contribution in [3.8, 4) is 5.69 Å². The molecule has 1 aromatic heterocycles. The Labute approximate surface area is 111 Å². The maximum Gasteiger partial charge on any atom is 0.215 e. The van der Waals surface area contributed by atoms with Crippen molar-refractivity contribution in [1.29, 1.82) is 0 Å². The quantitative estimate of drug-likeness (QED) is 0.483. The fourth-order valence-electron chi connectivity index (χ4n) is 2.16. The Hall–Kier alpha value is -1.86. The number of hydrogen-bond donors (Lipinski definition) is 0. The normalized spacial score (nSPS) is 10.7. The van der Waals surface area contributed by atoms with Gasteiger partial charge in [0.1, 0.15) is 0 Å². The lowest BCUT2D eigenvalue weighted by Crippen LogP contribution is -2.30. The van der Waals surface area contributed by atoms with E-state index in [0.717, 1.165) is 11.3 Å². The summed E-state index contributed by atoms with van der Waals surface area (Å²) < 4.78 is 2.13. The fraction of sp³-hybridized carbons (Fsp3) is 0.0625. The van der Waals surface area contributed by atoms with Crippen LogP contribution in [0.3, 0.4) is 0 Å². The summed E-state index contributed by atoms with van der Waals surface area (Å²) in [5.74, 6) is 0.524. The molecule has 0 amide bonds. The maximum absolute atomic E-state index is 5.99. The van der Waals surface area contributed by atoms with Crippen LogP contribution < -0.4 is 4.57 Å². The zero-order valence-electron chi connectivity index (χ0n) is 9.88. The highest BCUT2D eigenvalue weighted by molar-refractivity contribution is 6.17. The monoisotopic (exact) mass is 254 g/mol. The molecular formula is C16H13ClN+. The van der Waals surface area contributed by atoms with Gasteiger partial charge in [-0.25, -0.2) is 0 Å². The van der Waals surface area contributed by atoms with Gasteiger partial charge in [0.2, 0.25) is 5.69 Å². The first-order chi connectivity index (χ1) is 8.88.